The number of hydrogen-bond acceptors (Lipinski definition) is 4. The molecule has 0 fully saturated rings. The third-order valence-corrected chi connectivity index (χ3v) is 5.60. The second-order valence-corrected chi connectivity index (χ2v) is 7.53. The zero-order valence-corrected chi connectivity index (χ0v) is 17.9. The highest BCUT2D eigenvalue weighted by atomic mass is 16.5. The molecule has 0 spiro atoms. The van der Waals surface area contributed by atoms with Crippen LogP contribution in [0.3, 0.4) is 0 Å². The summed E-state index contributed by atoms with van der Waals surface area (Å²) in [5, 5.41) is 0.758. The summed E-state index contributed by atoms with van der Waals surface area (Å²) in [5.41, 5.74) is 3.86. The first-order chi connectivity index (χ1) is 16.2. The van der Waals surface area contributed by atoms with Crippen molar-refractivity contribution in [2.45, 2.75) is 0 Å². The Kier molecular flexibility index (Phi) is 5.29. The lowest BCUT2D eigenvalue weighted by Gasteiger charge is -2.19. The molecule has 0 saturated carbocycles. The topological polar surface area (TPSA) is 61.2 Å². The normalized spacial score (nSPS) is 10.8. The molecule has 5 aromatic rings. The Morgan fingerprint density at radius 1 is 0.788 bits per heavy atom. The van der Waals surface area contributed by atoms with Gasteiger partial charge in [0.05, 0.1) is 23.8 Å². The summed E-state index contributed by atoms with van der Waals surface area (Å²) in [6.45, 7) is 0. The van der Waals surface area contributed by atoms with Crippen LogP contribution in [-0.4, -0.2) is 22.6 Å². The van der Waals surface area contributed by atoms with Gasteiger partial charge in [-0.25, -0.2) is 9.78 Å². The Hall–Kier alpha value is -4.51. The van der Waals surface area contributed by atoms with Crippen LogP contribution in [0.5, 0.6) is 0 Å². The number of pyridine rings is 2. The molecule has 2 heterocycles. The van der Waals surface area contributed by atoms with Crippen molar-refractivity contribution < 1.29 is 9.53 Å². The van der Waals surface area contributed by atoms with Gasteiger partial charge in [0.2, 0.25) is 0 Å². The van der Waals surface area contributed by atoms with Gasteiger partial charge in [0.15, 0.2) is 0 Å². The van der Waals surface area contributed by atoms with Crippen molar-refractivity contribution in [2.75, 3.05) is 7.11 Å². The SMILES string of the molecule is COC(=O)c1ccc2c(c1)c(-c1ccccc1)c(-c1ccccc1)c(=O)n2-c1ccccn1. The maximum Gasteiger partial charge on any atom is 0.337 e. The van der Waals surface area contributed by atoms with Gasteiger partial charge in [0, 0.05) is 17.1 Å². The summed E-state index contributed by atoms with van der Waals surface area (Å²) in [6, 6.07) is 30.0. The number of ether oxygens (including phenoxy) is 1. The van der Waals surface area contributed by atoms with Crippen LogP contribution in [0.25, 0.3) is 39.0 Å². The van der Waals surface area contributed by atoms with Crippen LogP contribution in [0, 0.1) is 0 Å². The zero-order valence-electron chi connectivity index (χ0n) is 17.9. The third kappa shape index (κ3) is 3.59. The number of hydrogen-bond donors (Lipinski definition) is 0. The third-order valence-electron chi connectivity index (χ3n) is 5.60. The molecule has 0 aliphatic heterocycles. The highest BCUT2D eigenvalue weighted by molar-refractivity contribution is 6.05. The lowest BCUT2D eigenvalue weighted by atomic mass is 9.91. The van der Waals surface area contributed by atoms with E-state index in [9.17, 15) is 9.59 Å². The van der Waals surface area contributed by atoms with Crippen LogP contribution >= 0.6 is 0 Å². The van der Waals surface area contributed by atoms with Crippen LogP contribution in [0.4, 0.5) is 0 Å². The van der Waals surface area contributed by atoms with Crippen LogP contribution in [0.15, 0.2) is 108 Å². The zero-order chi connectivity index (χ0) is 22.8. The minimum atomic E-state index is -0.437. The minimum absolute atomic E-state index is 0.183. The molecule has 160 valence electrons. The molecule has 0 amide bonds. The first kappa shape index (κ1) is 20.4. The van der Waals surface area contributed by atoms with Crippen molar-refractivity contribution in [3.05, 3.63) is 119 Å². The van der Waals surface area contributed by atoms with Gasteiger partial charge >= 0.3 is 5.97 Å². The van der Waals surface area contributed by atoms with Crippen molar-refractivity contribution in [1.82, 2.24) is 9.55 Å². The molecular formula is C28H20N2O3. The number of carbonyl (C=O) groups is 1. The fourth-order valence-corrected chi connectivity index (χ4v) is 4.13. The van der Waals surface area contributed by atoms with Crippen molar-refractivity contribution in [3.8, 4) is 28.1 Å². The lowest BCUT2D eigenvalue weighted by molar-refractivity contribution is 0.0601. The van der Waals surface area contributed by atoms with E-state index < -0.39 is 5.97 Å². The molecule has 5 heteroatoms. The van der Waals surface area contributed by atoms with E-state index in [-0.39, 0.29) is 5.56 Å². The molecule has 0 aliphatic rings. The Morgan fingerprint density at radius 2 is 1.42 bits per heavy atom. The molecular weight excluding hydrogens is 412 g/mol. The summed E-state index contributed by atoms with van der Waals surface area (Å²) < 4.78 is 6.57. The Balaban J connectivity index is 2.01. The second kappa shape index (κ2) is 8.55. The summed E-state index contributed by atoms with van der Waals surface area (Å²) in [7, 11) is 1.36. The maximum atomic E-state index is 14.1. The van der Waals surface area contributed by atoms with Crippen LogP contribution in [0.2, 0.25) is 0 Å². The monoisotopic (exact) mass is 432 g/mol. The summed E-state index contributed by atoms with van der Waals surface area (Å²) in [4.78, 5) is 30.9. The fraction of sp³-hybridized carbons (Fsp3) is 0.0357. The van der Waals surface area contributed by atoms with E-state index in [1.807, 2.05) is 72.8 Å². The van der Waals surface area contributed by atoms with E-state index in [1.54, 1.807) is 35.0 Å². The van der Waals surface area contributed by atoms with Gasteiger partial charge in [-0.3, -0.25) is 9.36 Å². The van der Waals surface area contributed by atoms with E-state index >= 15 is 0 Å². The average Bonchev–Trinajstić information content (AvgIpc) is 2.88. The molecule has 0 radical (unpaired) electrons. The summed E-state index contributed by atoms with van der Waals surface area (Å²) in [5.74, 6) is 0.0721. The largest absolute Gasteiger partial charge is 0.465 e. The molecule has 33 heavy (non-hydrogen) atoms. The Morgan fingerprint density at radius 3 is 2.03 bits per heavy atom. The van der Waals surface area contributed by atoms with E-state index in [0.717, 1.165) is 22.1 Å². The number of carbonyl (C=O) groups excluding carboxylic acids is 1. The predicted octanol–water partition coefficient (Wildman–Crippen LogP) is 5.51. The van der Waals surface area contributed by atoms with E-state index in [4.69, 9.17) is 4.74 Å². The van der Waals surface area contributed by atoms with Crippen LogP contribution < -0.4 is 5.56 Å². The standard InChI is InChI=1S/C28H20N2O3/c1-33-28(32)21-15-16-23-22(18-21)25(19-10-4-2-5-11-19)26(20-12-6-3-7-13-20)27(31)30(23)24-14-8-9-17-29-24/h2-18H,1H3. The van der Waals surface area contributed by atoms with E-state index in [0.29, 0.717) is 22.5 Å². The molecule has 0 aliphatic carbocycles. The number of esters is 1. The molecule has 0 saturated heterocycles. The first-order valence-electron chi connectivity index (χ1n) is 10.5. The Bertz CT molecular complexity index is 1510. The molecule has 0 atom stereocenters. The van der Waals surface area contributed by atoms with Crippen molar-refractivity contribution in [1.29, 1.82) is 0 Å². The van der Waals surface area contributed by atoms with Crippen LogP contribution in [-0.2, 0) is 4.74 Å². The number of benzene rings is 3. The van der Waals surface area contributed by atoms with Gasteiger partial charge < -0.3 is 4.74 Å². The fourth-order valence-electron chi connectivity index (χ4n) is 4.13. The highest BCUT2D eigenvalue weighted by Gasteiger charge is 2.22. The molecule has 5 rings (SSSR count). The van der Waals surface area contributed by atoms with Crippen molar-refractivity contribution in [2.24, 2.45) is 0 Å². The lowest BCUT2D eigenvalue weighted by Crippen LogP contribution is -2.23. The summed E-state index contributed by atoms with van der Waals surface area (Å²) >= 11 is 0. The summed E-state index contributed by atoms with van der Waals surface area (Å²) in [6.07, 6.45) is 1.66. The van der Waals surface area contributed by atoms with Gasteiger partial charge in [-0.05, 0) is 41.5 Å². The number of nitrogens with zero attached hydrogens (tertiary/aromatic N) is 2. The maximum absolute atomic E-state index is 14.1. The number of aromatic nitrogens is 2. The molecule has 3 aromatic carbocycles. The number of fused-ring (bicyclic) bond motifs is 1. The van der Waals surface area contributed by atoms with E-state index in [2.05, 4.69) is 4.98 Å². The minimum Gasteiger partial charge on any atom is -0.465 e. The van der Waals surface area contributed by atoms with Gasteiger partial charge in [-0.1, -0.05) is 66.7 Å². The Labute approximate surface area is 190 Å². The smallest absolute Gasteiger partial charge is 0.337 e. The van der Waals surface area contributed by atoms with Crippen molar-refractivity contribution in [3.63, 3.8) is 0 Å². The highest BCUT2D eigenvalue weighted by Crippen LogP contribution is 2.37. The van der Waals surface area contributed by atoms with Gasteiger partial charge in [0.1, 0.15) is 5.82 Å². The quantitative estimate of drug-likeness (QED) is 0.352. The van der Waals surface area contributed by atoms with E-state index in [1.165, 1.54) is 7.11 Å². The number of methoxy groups -OCH3 is 1. The number of rotatable bonds is 4. The molecule has 2 aromatic heterocycles. The molecule has 0 unspecified atom stereocenters. The van der Waals surface area contributed by atoms with Gasteiger partial charge in [-0.2, -0.15) is 0 Å². The van der Waals surface area contributed by atoms with Crippen molar-refractivity contribution >= 4 is 16.9 Å². The average molecular weight is 432 g/mol. The first-order valence-corrected chi connectivity index (χ1v) is 10.5. The molecule has 0 N–H and O–H groups in total. The van der Waals surface area contributed by atoms with Gasteiger partial charge in [-0.15, -0.1) is 0 Å². The molecule has 5 nitrogen and oxygen atoms in total. The molecule has 0 bridgehead atoms. The predicted molar refractivity (Wildman–Crippen MR) is 130 cm³/mol. The second-order valence-electron chi connectivity index (χ2n) is 7.53. The van der Waals surface area contributed by atoms with Crippen LogP contribution in [0.1, 0.15) is 10.4 Å². The van der Waals surface area contributed by atoms with Gasteiger partial charge in [0.25, 0.3) is 5.56 Å².